The number of nitrogens with one attached hydrogen (secondary N) is 1. The molecule has 0 bridgehead atoms. The molecular formula is C45H87NO3. The van der Waals surface area contributed by atoms with Crippen molar-refractivity contribution in [2.75, 3.05) is 6.61 Å². The molecule has 4 nitrogen and oxygen atoms in total. The summed E-state index contributed by atoms with van der Waals surface area (Å²) in [5.41, 5.74) is 0. The molecule has 0 aliphatic carbocycles. The Kier molecular flexibility index (Phi) is 40.3. The van der Waals surface area contributed by atoms with Crippen LogP contribution >= 0.6 is 0 Å². The van der Waals surface area contributed by atoms with Gasteiger partial charge < -0.3 is 15.5 Å². The second kappa shape index (κ2) is 41.3. The van der Waals surface area contributed by atoms with Crippen LogP contribution in [0.4, 0.5) is 0 Å². The Morgan fingerprint density at radius 1 is 0.469 bits per heavy atom. The molecule has 0 saturated carbocycles. The van der Waals surface area contributed by atoms with Gasteiger partial charge in [0.15, 0.2) is 0 Å². The second-order valence-electron chi connectivity index (χ2n) is 15.1. The molecule has 0 aromatic carbocycles. The lowest BCUT2D eigenvalue weighted by molar-refractivity contribution is -0.123. The highest BCUT2D eigenvalue weighted by atomic mass is 16.3. The summed E-state index contributed by atoms with van der Waals surface area (Å²) in [6.07, 6.45) is 52.8. The summed E-state index contributed by atoms with van der Waals surface area (Å²) >= 11 is 0. The van der Waals surface area contributed by atoms with Gasteiger partial charge in [-0.1, -0.05) is 212 Å². The molecule has 3 N–H and O–H groups in total. The average molecular weight is 690 g/mol. The van der Waals surface area contributed by atoms with Crippen LogP contribution < -0.4 is 5.32 Å². The van der Waals surface area contributed by atoms with Crippen LogP contribution in [-0.4, -0.2) is 34.9 Å². The van der Waals surface area contributed by atoms with Crippen molar-refractivity contribution in [2.24, 2.45) is 0 Å². The van der Waals surface area contributed by atoms with Crippen LogP contribution in [0, 0.1) is 0 Å². The lowest BCUT2D eigenvalue weighted by atomic mass is 10.0. The maximum atomic E-state index is 12.4. The van der Waals surface area contributed by atoms with Crippen molar-refractivity contribution in [1.82, 2.24) is 5.32 Å². The van der Waals surface area contributed by atoms with Crippen molar-refractivity contribution in [3.8, 4) is 0 Å². The van der Waals surface area contributed by atoms with E-state index in [0.29, 0.717) is 6.42 Å². The smallest absolute Gasteiger partial charge is 0.220 e. The number of carbonyl (C=O) groups is 1. The summed E-state index contributed by atoms with van der Waals surface area (Å²) in [5, 5.41) is 23.0. The zero-order valence-electron chi connectivity index (χ0n) is 33.2. The minimum atomic E-state index is -0.838. The van der Waals surface area contributed by atoms with Crippen LogP contribution in [0.5, 0.6) is 0 Å². The third-order valence-electron chi connectivity index (χ3n) is 10.2. The van der Waals surface area contributed by atoms with E-state index in [-0.39, 0.29) is 12.5 Å². The largest absolute Gasteiger partial charge is 0.394 e. The highest BCUT2D eigenvalue weighted by Gasteiger charge is 2.17. The summed E-state index contributed by atoms with van der Waals surface area (Å²) in [6, 6.07) is -0.621. The number of rotatable bonds is 40. The van der Waals surface area contributed by atoms with Crippen molar-refractivity contribution in [3.63, 3.8) is 0 Å². The predicted octanol–water partition coefficient (Wildman–Crippen LogP) is 13.6. The van der Waals surface area contributed by atoms with Crippen molar-refractivity contribution in [3.05, 3.63) is 24.3 Å². The van der Waals surface area contributed by atoms with Gasteiger partial charge in [-0.25, -0.2) is 0 Å². The lowest BCUT2D eigenvalue weighted by Gasteiger charge is -2.20. The zero-order chi connectivity index (χ0) is 35.7. The topological polar surface area (TPSA) is 69.6 Å². The highest BCUT2D eigenvalue weighted by molar-refractivity contribution is 5.76. The number of aliphatic hydroxyl groups is 2. The van der Waals surface area contributed by atoms with E-state index in [2.05, 4.69) is 31.3 Å². The Labute approximate surface area is 307 Å². The van der Waals surface area contributed by atoms with Crippen LogP contribution in [0.15, 0.2) is 24.3 Å². The van der Waals surface area contributed by atoms with E-state index in [1.807, 2.05) is 6.08 Å². The first-order chi connectivity index (χ1) is 24.2. The minimum Gasteiger partial charge on any atom is -0.394 e. The van der Waals surface area contributed by atoms with E-state index in [4.69, 9.17) is 0 Å². The Bertz CT molecular complexity index is 705. The van der Waals surface area contributed by atoms with Gasteiger partial charge in [0.1, 0.15) is 0 Å². The third kappa shape index (κ3) is 37.9. The number of carbonyl (C=O) groups excluding carboxylic acids is 1. The molecule has 290 valence electrons. The second-order valence-corrected chi connectivity index (χ2v) is 15.1. The fourth-order valence-corrected chi connectivity index (χ4v) is 6.76. The summed E-state index contributed by atoms with van der Waals surface area (Å²) < 4.78 is 0. The fourth-order valence-electron chi connectivity index (χ4n) is 6.76. The molecule has 0 spiro atoms. The first kappa shape index (κ1) is 47.9. The number of allylic oxidation sites excluding steroid dienone is 3. The van der Waals surface area contributed by atoms with Gasteiger partial charge in [-0.3, -0.25) is 4.79 Å². The molecule has 0 aromatic heterocycles. The van der Waals surface area contributed by atoms with Gasteiger partial charge in [-0.2, -0.15) is 0 Å². The molecule has 4 heteroatoms. The molecule has 0 rings (SSSR count). The van der Waals surface area contributed by atoms with Crippen LogP contribution in [-0.2, 0) is 4.79 Å². The molecule has 2 atom stereocenters. The van der Waals surface area contributed by atoms with Crippen LogP contribution in [0.1, 0.15) is 239 Å². The van der Waals surface area contributed by atoms with Crippen LogP contribution in [0.3, 0.4) is 0 Å². The fraction of sp³-hybridized carbons (Fsp3) is 0.889. The molecule has 1 amide bonds. The van der Waals surface area contributed by atoms with Crippen molar-refractivity contribution < 1.29 is 15.0 Å². The number of hydrogen-bond acceptors (Lipinski definition) is 3. The summed E-state index contributed by atoms with van der Waals surface area (Å²) in [5.74, 6) is -0.0666. The Hall–Kier alpha value is -1.13. The molecular weight excluding hydrogens is 602 g/mol. The monoisotopic (exact) mass is 690 g/mol. The Morgan fingerprint density at radius 3 is 1.12 bits per heavy atom. The maximum Gasteiger partial charge on any atom is 0.220 e. The Morgan fingerprint density at radius 2 is 0.776 bits per heavy atom. The molecule has 0 heterocycles. The average Bonchev–Trinajstić information content (AvgIpc) is 3.10. The van der Waals surface area contributed by atoms with E-state index in [9.17, 15) is 15.0 Å². The zero-order valence-corrected chi connectivity index (χ0v) is 33.2. The SMILES string of the molecule is CCCCCCCCCC/C=C\CCCCCCCCCC(=O)NC(CO)C(O)/C=C/CCCCCCCCCCCCCCCCCC. The first-order valence-electron chi connectivity index (χ1n) is 22.1. The number of unbranched alkanes of at least 4 members (excludes halogenated alkanes) is 31. The van der Waals surface area contributed by atoms with Gasteiger partial charge in [0.25, 0.3) is 0 Å². The molecule has 2 unspecified atom stereocenters. The van der Waals surface area contributed by atoms with Crippen LogP contribution in [0.2, 0.25) is 0 Å². The summed E-state index contributed by atoms with van der Waals surface area (Å²) in [7, 11) is 0. The number of hydrogen-bond donors (Lipinski definition) is 3. The highest BCUT2D eigenvalue weighted by Crippen LogP contribution is 2.15. The summed E-state index contributed by atoms with van der Waals surface area (Å²) in [6.45, 7) is 4.32. The van der Waals surface area contributed by atoms with E-state index in [1.54, 1.807) is 6.08 Å². The Balaban J connectivity index is 3.56. The van der Waals surface area contributed by atoms with Gasteiger partial charge in [0, 0.05) is 6.42 Å². The van der Waals surface area contributed by atoms with Crippen molar-refractivity contribution in [2.45, 2.75) is 251 Å². The normalized spacial score (nSPS) is 13.1. The van der Waals surface area contributed by atoms with E-state index < -0.39 is 12.1 Å². The van der Waals surface area contributed by atoms with Gasteiger partial charge >= 0.3 is 0 Å². The third-order valence-corrected chi connectivity index (χ3v) is 10.2. The van der Waals surface area contributed by atoms with E-state index >= 15 is 0 Å². The quantitative estimate of drug-likeness (QED) is 0.0443. The minimum absolute atomic E-state index is 0.0666. The standard InChI is InChI=1S/C45H87NO3/c1-3-5-7-9-11-13-15-17-19-21-23-25-27-29-31-33-35-37-39-41-45(49)46-43(42-47)44(48)40-38-36-34-32-30-28-26-24-22-20-18-16-14-12-10-8-6-4-2/h21,23,38,40,43-44,47-48H,3-20,22,24-37,39,41-42H2,1-2H3,(H,46,49)/b23-21-,40-38+. The number of aliphatic hydroxyl groups excluding tert-OH is 2. The molecule has 49 heavy (non-hydrogen) atoms. The van der Waals surface area contributed by atoms with Crippen LogP contribution in [0.25, 0.3) is 0 Å². The van der Waals surface area contributed by atoms with Gasteiger partial charge in [0.05, 0.1) is 18.8 Å². The maximum absolute atomic E-state index is 12.4. The van der Waals surface area contributed by atoms with E-state index in [0.717, 1.165) is 25.7 Å². The van der Waals surface area contributed by atoms with Crippen molar-refractivity contribution >= 4 is 5.91 Å². The first-order valence-corrected chi connectivity index (χ1v) is 22.1. The molecule has 0 aliphatic rings. The van der Waals surface area contributed by atoms with Gasteiger partial charge in [0.2, 0.25) is 5.91 Å². The lowest BCUT2D eigenvalue weighted by Crippen LogP contribution is -2.45. The predicted molar refractivity (Wildman–Crippen MR) is 216 cm³/mol. The van der Waals surface area contributed by atoms with Gasteiger partial charge in [-0.05, 0) is 44.9 Å². The summed E-state index contributed by atoms with van der Waals surface area (Å²) in [4.78, 5) is 12.4. The molecule has 0 saturated heterocycles. The van der Waals surface area contributed by atoms with E-state index in [1.165, 1.54) is 193 Å². The molecule has 0 aliphatic heterocycles. The molecule has 0 fully saturated rings. The van der Waals surface area contributed by atoms with Gasteiger partial charge in [-0.15, -0.1) is 0 Å². The molecule has 0 radical (unpaired) electrons. The number of amides is 1. The van der Waals surface area contributed by atoms with Crippen molar-refractivity contribution in [1.29, 1.82) is 0 Å². The molecule has 0 aromatic rings.